The van der Waals surface area contributed by atoms with Crippen molar-refractivity contribution in [1.29, 1.82) is 0 Å². The Morgan fingerprint density at radius 1 is 1.10 bits per heavy atom. The number of hydrogen-bond acceptors (Lipinski definition) is 4. The number of thioether (sulfide) groups is 1. The minimum Gasteiger partial charge on any atom is -0.353 e. The van der Waals surface area contributed by atoms with Gasteiger partial charge in [0.05, 0.1) is 6.54 Å². The fraction of sp³-hybridized carbons (Fsp3) is 0.636. The Labute approximate surface area is 178 Å². The van der Waals surface area contributed by atoms with Crippen molar-refractivity contribution < 1.29 is 9.59 Å². The monoisotopic (exact) mass is 418 g/mol. The van der Waals surface area contributed by atoms with E-state index in [1.165, 1.54) is 30.6 Å². The van der Waals surface area contributed by atoms with E-state index in [1.807, 2.05) is 35.7 Å². The van der Waals surface area contributed by atoms with Gasteiger partial charge in [0.25, 0.3) is 0 Å². The highest BCUT2D eigenvalue weighted by Gasteiger charge is 2.23. The molecule has 2 fully saturated rings. The van der Waals surface area contributed by atoms with Gasteiger partial charge in [-0.05, 0) is 50.5 Å². The lowest BCUT2D eigenvalue weighted by Crippen LogP contribution is -2.52. The number of amides is 3. The third-order valence-corrected chi connectivity index (χ3v) is 7.11. The molecule has 0 aromatic heterocycles. The van der Waals surface area contributed by atoms with E-state index >= 15 is 0 Å². The number of carbonyl (C=O) groups is 2. The summed E-state index contributed by atoms with van der Waals surface area (Å²) in [5.41, 5.74) is 0.834. The Morgan fingerprint density at radius 3 is 2.38 bits per heavy atom. The van der Waals surface area contributed by atoms with Crippen molar-refractivity contribution >= 4 is 29.4 Å². The second-order valence-corrected chi connectivity index (χ2v) is 9.49. The Hall–Kier alpha value is -1.73. The molecule has 0 radical (unpaired) electrons. The minimum absolute atomic E-state index is 0.0628. The first-order valence-corrected chi connectivity index (χ1v) is 11.8. The Kier molecular flexibility index (Phi) is 8.24. The Morgan fingerprint density at radius 2 is 1.76 bits per heavy atom. The Bertz CT molecular complexity index is 668. The molecule has 3 rings (SSSR count). The van der Waals surface area contributed by atoms with Crippen LogP contribution in [0.2, 0.25) is 0 Å². The first-order valence-electron chi connectivity index (χ1n) is 10.9. The topological polar surface area (TPSA) is 64.7 Å². The summed E-state index contributed by atoms with van der Waals surface area (Å²) >= 11 is 1.96. The molecule has 7 heteroatoms. The second kappa shape index (κ2) is 10.9. The van der Waals surface area contributed by atoms with Crippen LogP contribution in [0, 0.1) is 0 Å². The summed E-state index contributed by atoms with van der Waals surface area (Å²) in [6.07, 6.45) is 6.26. The van der Waals surface area contributed by atoms with Crippen molar-refractivity contribution in [3.63, 3.8) is 0 Å². The first-order chi connectivity index (χ1) is 14.0. The number of nitrogens with zero attached hydrogens (tertiary/aromatic N) is 2. The zero-order chi connectivity index (χ0) is 20.6. The maximum atomic E-state index is 12.6. The summed E-state index contributed by atoms with van der Waals surface area (Å²) in [5, 5.41) is 6.75. The molecule has 160 valence electrons. The molecule has 1 aliphatic carbocycles. The molecule has 3 amide bonds. The lowest BCUT2D eigenvalue weighted by Gasteiger charge is -2.34. The quantitative estimate of drug-likeness (QED) is 0.707. The van der Waals surface area contributed by atoms with E-state index in [-0.39, 0.29) is 18.0 Å². The number of rotatable bonds is 7. The van der Waals surface area contributed by atoms with E-state index < -0.39 is 0 Å². The van der Waals surface area contributed by atoms with Gasteiger partial charge in [-0.1, -0.05) is 19.8 Å². The molecule has 1 saturated heterocycles. The largest absolute Gasteiger partial charge is 0.353 e. The highest BCUT2D eigenvalue weighted by atomic mass is 32.2. The van der Waals surface area contributed by atoms with Crippen LogP contribution in [0.5, 0.6) is 0 Å². The van der Waals surface area contributed by atoms with Gasteiger partial charge >= 0.3 is 6.03 Å². The maximum absolute atomic E-state index is 12.6. The molecule has 0 unspecified atom stereocenters. The van der Waals surface area contributed by atoms with Gasteiger partial charge in [0.1, 0.15) is 0 Å². The molecule has 2 aliphatic rings. The average Bonchev–Trinajstić information content (AvgIpc) is 3.23. The van der Waals surface area contributed by atoms with Crippen LogP contribution >= 0.6 is 11.8 Å². The van der Waals surface area contributed by atoms with Gasteiger partial charge in [0.2, 0.25) is 5.91 Å². The summed E-state index contributed by atoms with van der Waals surface area (Å²) in [6.45, 7) is 7.19. The van der Waals surface area contributed by atoms with Crippen LogP contribution in [0.1, 0.15) is 46.0 Å². The third-order valence-electron chi connectivity index (χ3n) is 5.76. The molecular formula is C22H34N4O2S. The zero-order valence-electron chi connectivity index (χ0n) is 17.7. The van der Waals surface area contributed by atoms with E-state index in [0.717, 1.165) is 30.4 Å². The van der Waals surface area contributed by atoms with Crippen LogP contribution in [0.4, 0.5) is 10.5 Å². The Balaban J connectivity index is 1.39. The van der Waals surface area contributed by atoms with Crippen molar-refractivity contribution in [2.45, 2.75) is 62.1 Å². The molecule has 1 saturated carbocycles. The lowest BCUT2D eigenvalue weighted by molar-refractivity contribution is -0.123. The number of hydrogen-bond donors (Lipinski definition) is 2. The van der Waals surface area contributed by atoms with Crippen LogP contribution in [0.25, 0.3) is 0 Å². The standard InChI is InChI=1S/C22H34N4O2S/c1-3-17(2)23-21(27)16-25-12-14-26(15-13-25)22(28)24-18-8-10-20(11-9-18)29-19-6-4-5-7-19/h8-11,17,19H,3-7,12-16H2,1-2H3,(H,23,27)(H,24,28)/t17-/m1/s1. The molecule has 1 atom stereocenters. The van der Waals surface area contributed by atoms with Crippen molar-refractivity contribution in [3.05, 3.63) is 24.3 Å². The van der Waals surface area contributed by atoms with Crippen molar-refractivity contribution in [1.82, 2.24) is 15.1 Å². The van der Waals surface area contributed by atoms with E-state index in [2.05, 4.69) is 34.6 Å². The number of anilines is 1. The lowest BCUT2D eigenvalue weighted by atomic mass is 10.2. The summed E-state index contributed by atoms with van der Waals surface area (Å²) < 4.78 is 0. The summed E-state index contributed by atoms with van der Waals surface area (Å²) in [4.78, 5) is 29.8. The molecule has 29 heavy (non-hydrogen) atoms. The van der Waals surface area contributed by atoms with Gasteiger partial charge in [-0.2, -0.15) is 0 Å². The fourth-order valence-corrected chi connectivity index (χ4v) is 5.00. The van der Waals surface area contributed by atoms with Crippen LogP contribution in [0.3, 0.4) is 0 Å². The van der Waals surface area contributed by atoms with Crippen LogP contribution in [-0.4, -0.2) is 65.8 Å². The van der Waals surface area contributed by atoms with Gasteiger partial charge in [0, 0.05) is 48.1 Å². The summed E-state index contributed by atoms with van der Waals surface area (Å²) in [6, 6.07) is 8.33. The number of urea groups is 1. The molecule has 1 aliphatic heterocycles. The molecule has 2 N–H and O–H groups in total. The van der Waals surface area contributed by atoms with E-state index in [1.54, 1.807) is 0 Å². The number of carbonyl (C=O) groups excluding carboxylic acids is 2. The van der Waals surface area contributed by atoms with Crippen LogP contribution in [0.15, 0.2) is 29.2 Å². The van der Waals surface area contributed by atoms with Gasteiger partial charge in [-0.25, -0.2) is 4.79 Å². The highest BCUT2D eigenvalue weighted by molar-refractivity contribution is 8.00. The highest BCUT2D eigenvalue weighted by Crippen LogP contribution is 2.34. The van der Waals surface area contributed by atoms with Gasteiger partial charge in [0.15, 0.2) is 0 Å². The molecule has 1 heterocycles. The van der Waals surface area contributed by atoms with Crippen molar-refractivity contribution in [2.24, 2.45) is 0 Å². The van der Waals surface area contributed by atoms with Crippen molar-refractivity contribution in [2.75, 3.05) is 38.0 Å². The minimum atomic E-state index is -0.0649. The molecule has 6 nitrogen and oxygen atoms in total. The van der Waals surface area contributed by atoms with E-state index in [0.29, 0.717) is 19.6 Å². The number of nitrogens with one attached hydrogen (secondary N) is 2. The number of piperazine rings is 1. The third kappa shape index (κ3) is 6.93. The predicted molar refractivity (Wildman–Crippen MR) is 119 cm³/mol. The maximum Gasteiger partial charge on any atom is 0.321 e. The molecule has 0 spiro atoms. The van der Waals surface area contributed by atoms with E-state index in [9.17, 15) is 9.59 Å². The summed E-state index contributed by atoms with van der Waals surface area (Å²) in [7, 11) is 0. The van der Waals surface area contributed by atoms with E-state index in [4.69, 9.17) is 0 Å². The van der Waals surface area contributed by atoms with Crippen LogP contribution < -0.4 is 10.6 Å². The van der Waals surface area contributed by atoms with Gasteiger partial charge < -0.3 is 15.5 Å². The second-order valence-electron chi connectivity index (χ2n) is 8.12. The fourth-order valence-electron chi connectivity index (χ4n) is 3.75. The zero-order valence-corrected chi connectivity index (χ0v) is 18.5. The first kappa shape index (κ1) is 22.0. The predicted octanol–water partition coefficient (Wildman–Crippen LogP) is 3.79. The number of benzene rings is 1. The SMILES string of the molecule is CC[C@@H](C)NC(=O)CN1CCN(C(=O)Nc2ccc(SC3CCCC3)cc2)CC1. The molecule has 1 aromatic carbocycles. The molecular weight excluding hydrogens is 384 g/mol. The average molecular weight is 419 g/mol. The molecule has 0 bridgehead atoms. The van der Waals surface area contributed by atoms with Crippen LogP contribution in [-0.2, 0) is 4.79 Å². The molecule has 1 aromatic rings. The normalized spacial score (nSPS) is 19.2. The summed E-state index contributed by atoms with van der Waals surface area (Å²) in [5.74, 6) is 0.0628. The van der Waals surface area contributed by atoms with Gasteiger partial charge in [-0.3, -0.25) is 9.69 Å². The van der Waals surface area contributed by atoms with Crippen molar-refractivity contribution in [3.8, 4) is 0 Å². The van der Waals surface area contributed by atoms with Gasteiger partial charge in [-0.15, -0.1) is 11.8 Å². The smallest absolute Gasteiger partial charge is 0.321 e.